The van der Waals surface area contributed by atoms with Gasteiger partial charge in [-0.05, 0) is 75.2 Å². The third-order valence-corrected chi connectivity index (χ3v) is 6.97. The molecular formula is C26H34N4O3. The Morgan fingerprint density at radius 1 is 0.970 bits per heavy atom. The molecular weight excluding hydrogens is 416 g/mol. The Balaban J connectivity index is 1.31. The number of likely N-dealkylation sites (tertiary alicyclic amines) is 1. The van der Waals surface area contributed by atoms with Gasteiger partial charge in [0.25, 0.3) is 0 Å². The second kappa shape index (κ2) is 10.3. The minimum atomic E-state index is -0.305. The predicted molar refractivity (Wildman–Crippen MR) is 131 cm³/mol. The lowest BCUT2D eigenvalue weighted by Crippen LogP contribution is -2.40. The van der Waals surface area contributed by atoms with Gasteiger partial charge in [-0.25, -0.2) is 9.59 Å². The summed E-state index contributed by atoms with van der Waals surface area (Å²) >= 11 is 0. The zero-order chi connectivity index (χ0) is 23.4. The van der Waals surface area contributed by atoms with Crippen LogP contribution in [-0.2, 0) is 4.74 Å². The second-order valence-corrected chi connectivity index (χ2v) is 9.17. The van der Waals surface area contributed by atoms with E-state index in [-0.39, 0.29) is 17.9 Å². The fraction of sp³-hybridized carbons (Fsp3) is 0.462. The lowest BCUT2D eigenvalue weighted by atomic mass is 9.86. The van der Waals surface area contributed by atoms with Gasteiger partial charge in [0, 0.05) is 43.6 Å². The first-order valence-electron chi connectivity index (χ1n) is 11.7. The van der Waals surface area contributed by atoms with Gasteiger partial charge in [0.05, 0.1) is 12.7 Å². The summed E-state index contributed by atoms with van der Waals surface area (Å²) in [6.07, 6.45) is 2.82. The van der Waals surface area contributed by atoms with Crippen LogP contribution in [0.5, 0.6) is 0 Å². The van der Waals surface area contributed by atoms with E-state index in [1.807, 2.05) is 41.3 Å². The van der Waals surface area contributed by atoms with Crippen molar-refractivity contribution in [2.24, 2.45) is 0 Å². The summed E-state index contributed by atoms with van der Waals surface area (Å²) in [6, 6.07) is 16.3. The van der Waals surface area contributed by atoms with E-state index in [0.717, 1.165) is 37.2 Å². The summed E-state index contributed by atoms with van der Waals surface area (Å²) in [6.45, 7) is 3.41. The highest BCUT2D eigenvalue weighted by Gasteiger charge is 2.27. The van der Waals surface area contributed by atoms with Crippen molar-refractivity contribution < 1.29 is 14.3 Å². The average Bonchev–Trinajstić information content (AvgIpc) is 3.35. The molecule has 2 saturated heterocycles. The molecule has 0 aromatic heterocycles. The average molecular weight is 451 g/mol. The van der Waals surface area contributed by atoms with Crippen LogP contribution in [0.25, 0.3) is 0 Å². The van der Waals surface area contributed by atoms with E-state index in [9.17, 15) is 9.59 Å². The smallest absolute Gasteiger partial charge is 0.338 e. The summed E-state index contributed by atoms with van der Waals surface area (Å²) in [4.78, 5) is 31.5. The Bertz CT molecular complexity index is 968. The molecule has 33 heavy (non-hydrogen) atoms. The molecule has 176 valence electrons. The van der Waals surface area contributed by atoms with E-state index >= 15 is 0 Å². The quantitative estimate of drug-likeness (QED) is 0.697. The van der Waals surface area contributed by atoms with Crippen molar-refractivity contribution in [1.82, 2.24) is 9.80 Å². The van der Waals surface area contributed by atoms with Crippen LogP contribution in [0.2, 0.25) is 0 Å². The zero-order valence-electron chi connectivity index (χ0n) is 19.8. The number of urea groups is 1. The van der Waals surface area contributed by atoms with E-state index in [1.165, 1.54) is 19.2 Å². The van der Waals surface area contributed by atoms with Gasteiger partial charge in [-0.2, -0.15) is 0 Å². The molecule has 2 amide bonds. The number of benzene rings is 2. The molecule has 0 radical (unpaired) electrons. The zero-order valence-corrected chi connectivity index (χ0v) is 19.8. The molecule has 0 spiro atoms. The minimum absolute atomic E-state index is 0.0729. The van der Waals surface area contributed by atoms with Crippen molar-refractivity contribution in [2.45, 2.75) is 31.2 Å². The number of nitrogens with one attached hydrogen (secondary N) is 1. The number of carbonyl (C=O) groups excluding carboxylic acids is 2. The van der Waals surface area contributed by atoms with Gasteiger partial charge in [0.15, 0.2) is 0 Å². The first-order valence-corrected chi connectivity index (χ1v) is 11.7. The molecule has 4 rings (SSSR count). The maximum absolute atomic E-state index is 12.8. The van der Waals surface area contributed by atoms with Crippen LogP contribution in [0.4, 0.5) is 16.2 Å². The van der Waals surface area contributed by atoms with E-state index in [1.54, 1.807) is 0 Å². The number of ether oxygens (including phenoxy) is 1. The minimum Gasteiger partial charge on any atom is -0.465 e. The van der Waals surface area contributed by atoms with Crippen LogP contribution in [0, 0.1) is 0 Å². The highest BCUT2D eigenvalue weighted by molar-refractivity contribution is 5.91. The lowest BCUT2D eigenvalue weighted by molar-refractivity contribution is 0.0598. The number of carbonyl (C=O) groups is 2. The Morgan fingerprint density at radius 2 is 1.67 bits per heavy atom. The summed E-state index contributed by atoms with van der Waals surface area (Å²) < 4.78 is 4.93. The molecule has 7 heteroatoms. The normalized spacial score (nSPS) is 19.1. The van der Waals surface area contributed by atoms with Crippen LogP contribution in [0.1, 0.15) is 41.1 Å². The van der Waals surface area contributed by atoms with Crippen LogP contribution in [-0.4, -0.2) is 75.2 Å². The Kier molecular flexibility index (Phi) is 7.18. The van der Waals surface area contributed by atoms with Gasteiger partial charge in [0.1, 0.15) is 0 Å². The Hall–Kier alpha value is -3.06. The summed E-state index contributed by atoms with van der Waals surface area (Å²) in [5.74, 6) is -0.0597. The lowest BCUT2D eigenvalue weighted by Gasteiger charge is -2.32. The van der Waals surface area contributed by atoms with E-state index < -0.39 is 0 Å². The topological polar surface area (TPSA) is 65.1 Å². The van der Waals surface area contributed by atoms with Crippen molar-refractivity contribution in [2.75, 3.05) is 57.6 Å². The number of hydrogen-bond acceptors (Lipinski definition) is 5. The number of nitrogens with zero attached hydrogens (tertiary/aromatic N) is 3. The number of hydrogen-bond donors (Lipinski definition) is 1. The Morgan fingerprint density at radius 3 is 2.30 bits per heavy atom. The van der Waals surface area contributed by atoms with Crippen LogP contribution < -0.4 is 10.2 Å². The molecule has 2 aromatic rings. The monoisotopic (exact) mass is 450 g/mol. The molecule has 7 nitrogen and oxygen atoms in total. The van der Waals surface area contributed by atoms with Crippen molar-refractivity contribution >= 4 is 23.4 Å². The number of esters is 1. The third-order valence-electron chi connectivity index (χ3n) is 6.97. The van der Waals surface area contributed by atoms with E-state index in [0.29, 0.717) is 24.7 Å². The molecule has 1 atom stereocenters. The standard InChI is InChI=1S/C26H34N4O3/c1-28(2)22-14-17-30(18-22)21-10-8-20(9-11-21)27-26(32)29-15-12-19(13-16-29)23-6-4-5-7-24(23)25(31)33-3/h4-11,19,22H,12-18H2,1-3H3,(H,27,32). The van der Waals surface area contributed by atoms with Crippen molar-refractivity contribution in [3.8, 4) is 0 Å². The summed E-state index contributed by atoms with van der Waals surface area (Å²) in [5.41, 5.74) is 3.64. The van der Waals surface area contributed by atoms with Crippen molar-refractivity contribution in [1.29, 1.82) is 0 Å². The molecule has 1 N–H and O–H groups in total. The summed E-state index contributed by atoms with van der Waals surface area (Å²) in [5, 5.41) is 3.04. The van der Waals surface area contributed by atoms with Gasteiger partial charge < -0.3 is 24.8 Å². The highest BCUT2D eigenvalue weighted by Crippen LogP contribution is 2.31. The molecule has 0 aliphatic carbocycles. The SMILES string of the molecule is COC(=O)c1ccccc1C1CCN(C(=O)Nc2ccc(N3CCC(N(C)C)C3)cc2)CC1. The molecule has 2 aromatic carbocycles. The Labute approximate surface area is 196 Å². The first-order chi connectivity index (χ1) is 16.0. The maximum Gasteiger partial charge on any atom is 0.338 e. The van der Waals surface area contributed by atoms with Gasteiger partial charge in [-0.15, -0.1) is 0 Å². The van der Waals surface area contributed by atoms with Crippen LogP contribution in [0.3, 0.4) is 0 Å². The molecule has 0 saturated carbocycles. The fourth-order valence-electron chi connectivity index (χ4n) is 4.90. The predicted octanol–water partition coefficient (Wildman–Crippen LogP) is 4.03. The van der Waals surface area contributed by atoms with Gasteiger partial charge in [0.2, 0.25) is 0 Å². The fourth-order valence-corrected chi connectivity index (χ4v) is 4.90. The van der Waals surface area contributed by atoms with Crippen molar-refractivity contribution in [3.63, 3.8) is 0 Å². The molecule has 2 heterocycles. The van der Waals surface area contributed by atoms with Gasteiger partial charge in [-0.1, -0.05) is 18.2 Å². The van der Waals surface area contributed by atoms with E-state index in [2.05, 4.69) is 41.3 Å². The number of piperidine rings is 1. The molecule has 2 aliphatic rings. The largest absolute Gasteiger partial charge is 0.465 e. The third kappa shape index (κ3) is 5.30. The van der Waals surface area contributed by atoms with Crippen LogP contribution in [0.15, 0.2) is 48.5 Å². The van der Waals surface area contributed by atoms with Crippen molar-refractivity contribution in [3.05, 3.63) is 59.7 Å². The number of amides is 2. The highest BCUT2D eigenvalue weighted by atomic mass is 16.5. The summed E-state index contributed by atoms with van der Waals surface area (Å²) in [7, 11) is 5.67. The first kappa shape index (κ1) is 23.1. The number of likely N-dealkylation sites (N-methyl/N-ethyl adjacent to an activating group) is 1. The number of anilines is 2. The van der Waals surface area contributed by atoms with Gasteiger partial charge >= 0.3 is 12.0 Å². The molecule has 2 aliphatic heterocycles. The molecule has 0 bridgehead atoms. The maximum atomic E-state index is 12.8. The van der Waals surface area contributed by atoms with Crippen LogP contribution >= 0.6 is 0 Å². The van der Waals surface area contributed by atoms with Gasteiger partial charge in [-0.3, -0.25) is 0 Å². The number of rotatable bonds is 5. The molecule has 1 unspecified atom stereocenters. The second-order valence-electron chi connectivity index (χ2n) is 9.17. The number of methoxy groups -OCH3 is 1. The molecule has 2 fully saturated rings. The van der Waals surface area contributed by atoms with E-state index in [4.69, 9.17) is 4.74 Å².